The molecule has 0 bridgehead atoms. The van der Waals surface area contributed by atoms with Gasteiger partial charge in [0.15, 0.2) is 6.04 Å². The molecule has 304 valence electrons. The van der Waals surface area contributed by atoms with Crippen LogP contribution in [0.3, 0.4) is 0 Å². The number of carboxylic acid groups (broad SMARTS) is 1. The topological polar surface area (TPSA) is 292 Å². The van der Waals surface area contributed by atoms with Gasteiger partial charge in [-0.25, -0.2) is 0 Å². The summed E-state index contributed by atoms with van der Waals surface area (Å²) in [7, 11) is 0. The third-order valence-electron chi connectivity index (χ3n) is 10.9. The minimum absolute atomic E-state index is 0.0347. The van der Waals surface area contributed by atoms with E-state index >= 15 is 0 Å². The van der Waals surface area contributed by atoms with E-state index in [1.54, 1.807) is 0 Å². The van der Waals surface area contributed by atoms with Gasteiger partial charge in [0.2, 0.25) is 41.4 Å². The number of amides is 8. The predicted octanol–water partition coefficient (Wildman–Crippen LogP) is -6.44. The maximum Gasteiger partial charge on any atom is 0.322 e. The van der Waals surface area contributed by atoms with Crippen molar-refractivity contribution in [3.8, 4) is 0 Å². The maximum absolute atomic E-state index is 13.5. The van der Waals surface area contributed by atoms with Gasteiger partial charge in [0, 0.05) is 51.9 Å². The zero-order valence-electron chi connectivity index (χ0n) is 30.8. The molecular formula is C34H52N9O12+. The molecule has 5 aliphatic heterocycles. The Morgan fingerprint density at radius 2 is 1.16 bits per heavy atom. The smallest absolute Gasteiger partial charge is 0.322 e. The number of quaternary nitrogens is 1. The third-order valence-corrected chi connectivity index (χ3v) is 10.9. The molecule has 5 rings (SSSR count). The summed E-state index contributed by atoms with van der Waals surface area (Å²) in [6, 6.07) is -5.31. The lowest BCUT2D eigenvalue weighted by molar-refractivity contribution is -0.658. The number of rotatable bonds is 13. The number of β-amino-alcohol motifs (C(OH)–C–C–N with tert-alkyl or cyclic N) is 2. The predicted molar refractivity (Wildman–Crippen MR) is 186 cm³/mol. The molecule has 0 aliphatic carbocycles. The van der Waals surface area contributed by atoms with Gasteiger partial charge >= 0.3 is 5.97 Å². The summed E-state index contributed by atoms with van der Waals surface area (Å²) in [5.74, 6) is -5.78. The molecule has 0 saturated carbocycles. The Labute approximate surface area is 316 Å². The van der Waals surface area contributed by atoms with Crippen molar-refractivity contribution in [2.45, 2.75) is 107 Å². The molecule has 5 heterocycles. The van der Waals surface area contributed by atoms with Crippen LogP contribution < -0.4 is 26.6 Å². The van der Waals surface area contributed by atoms with Crippen molar-refractivity contribution in [3.05, 3.63) is 0 Å². The number of nitrogens with one attached hydrogen (secondary N) is 4. The second-order valence-corrected chi connectivity index (χ2v) is 14.8. The first-order valence-electron chi connectivity index (χ1n) is 18.9. The van der Waals surface area contributed by atoms with E-state index < -0.39 is 109 Å². The number of aliphatic carboxylic acids is 1. The molecule has 0 aromatic carbocycles. The second-order valence-electron chi connectivity index (χ2n) is 14.8. The van der Waals surface area contributed by atoms with Crippen LogP contribution in [0.2, 0.25) is 0 Å². The second kappa shape index (κ2) is 18.2. The van der Waals surface area contributed by atoms with E-state index in [0.29, 0.717) is 25.7 Å². The molecule has 21 nitrogen and oxygen atoms in total. The fourth-order valence-corrected chi connectivity index (χ4v) is 8.13. The van der Waals surface area contributed by atoms with E-state index in [0.717, 1.165) is 17.9 Å². The van der Waals surface area contributed by atoms with E-state index in [2.05, 4.69) is 21.3 Å². The zero-order valence-corrected chi connectivity index (χ0v) is 30.8. The number of nitrogens with two attached hydrogens (primary N) is 1. The largest absolute Gasteiger partial charge is 0.480 e. The maximum atomic E-state index is 13.5. The van der Waals surface area contributed by atoms with E-state index in [1.165, 1.54) is 21.6 Å². The number of aliphatic hydroxyl groups excluding tert-OH is 2. The lowest BCUT2D eigenvalue weighted by atomic mass is 10.1. The van der Waals surface area contributed by atoms with Crippen LogP contribution in [0.1, 0.15) is 58.3 Å². The van der Waals surface area contributed by atoms with Gasteiger partial charge < -0.3 is 61.5 Å². The van der Waals surface area contributed by atoms with Gasteiger partial charge in [0.25, 0.3) is 5.91 Å². The highest BCUT2D eigenvalue weighted by Crippen LogP contribution is 2.26. The molecular weight excluding hydrogens is 726 g/mol. The summed E-state index contributed by atoms with van der Waals surface area (Å²) in [4.78, 5) is 121. The highest BCUT2D eigenvalue weighted by molar-refractivity contribution is 5.97. The van der Waals surface area contributed by atoms with Gasteiger partial charge in [0.05, 0.1) is 31.8 Å². The molecule has 0 aromatic heterocycles. The number of aliphatic hydroxyl groups is 2. The first kappa shape index (κ1) is 41.3. The van der Waals surface area contributed by atoms with Gasteiger partial charge in [-0.1, -0.05) is 0 Å². The number of carbonyl (C=O) groups is 9. The molecule has 0 aromatic rings. The number of nitrogens with zero attached hydrogens (tertiary/aromatic N) is 4. The molecule has 21 heteroatoms. The molecule has 55 heavy (non-hydrogen) atoms. The number of carboxylic acids is 1. The van der Waals surface area contributed by atoms with E-state index in [-0.39, 0.29) is 57.4 Å². The molecule has 0 radical (unpaired) electrons. The fraction of sp³-hybridized carbons (Fsp3) is 0.735. The van der Waals surface area contributed by atoms with Crippen LogP contribution >= 0.6 is 0 Å². The number of carbonyl (C=O) groups excluding carboxylic acids is 8. The molecule has 9 N–H and O–H groups in total. The average Bonchev–Trinajstić information content (AvgIpc) is 4.00. The summed E-state index contributed by atoms with van der Waals surface area (Å²) in [6.07, 6.45) is 1.23. The van der Waals surface area contributed by atoms with Crippen LogP contribution in [0.5, 0.6) is 0 Å². The Kier molecular flexibility index (Phi) is 13.6. The number of hydrogen-bond acceptors (Lipinski definition) is 11. The molecule has 0 unspecified atom stereocenters. The summed E-state index contributed by atoms with van der Waals surface area (Å²) < 4.78 is 0. The van der Waals surface area contributed by atoms with Crippen LogP contribution in [0.15, 0.2) is 0 Å². The van der Waals surface area contributed by atoms with Gasteiger partial charge in [-0.3, -0.25) is 43.2 Å². The van der Waals surface area contributed by atoms with Crippen molar-refractivity contribution in [1.29, 1.82) is 0 Å². The Bertz CT molecular complexity index is 1540. The summed E-state index contributed by atoms with van der Waals surface area (Å²) in [5.41, 5.74) is 0. The normalized spacial score (nSPS) is 28.2. The minimum atomic E-state index is -1.27. The van der Waals surface area contributed by atoms with Gasteiger partial charge in [0.1, 0.15) is 36.8 Å². The van der Waals surface area contributed by atoms with Gasteiger partial charge in [-0.15, -0.1) is 0 Å². The Hall–Kier alpha value is -4.89. The first-order chi connectivity index (χ1) is 26.2. The lowest BCUT2D eigenvalue weighted by Gasteiger charge is -2.31. The van der Waals surface area contributed by atoms with Crippen LogP contribution in [0.4, 0.5) is 0 Å². The third kappa shape index (κ3) is 9.87. The summed E-state index contributed by atoms with van der Waals surface area (Å²) >= 11 is 0. The van der Waals surface area contributed by atoms with Crippen LogP contribution in [0, 0.1) is 0 Å². The van der Waals surface area contributed by atoms with E-state index in [4.69, 9.17) is 5.11 Å². The van der Waals surface area contributed by atoms with Crippen molar-refractivity contribution in [3.63, 3.8) is 0 Å². The zero-order chi connectivity index (χ0) is 40.0. The molecule has 0 spiro atoms. The molecule has 5 aliphatic rings. The van der Waals surface area contributed by atoms with Crippen LogP contribution in [0.25, 0.3) is 0 Å². The van der Waals surface area contributed by atoms with Crippen molar-refractivity contribution in [2.75, 3.05) is 52.4 Å². The van der Waals surface area contributed by atoms with E-state index in [1.807, 2.05) is 5.32 Å². The molecule has 5 saturated heterocycles. The number of likely N-dealkylation sites (tertiary alicyclic amines) is 4. The highest BCUT2D eigenvalue weighted by Gasteiger charge is 2.46. The summed E-state index contributed by atoms with van der Waals surface area (Å²) in [5, 5.41) is 41.0. The SMILES string of the molecule is C[C@H](NC(=O)[C@@H]1CCCN1C(=O)CNC(=O)[C@@H]1C[C@@H](O)CN1C(=O)[C@@H]1CCC[NH2+]1)C(=O)NCC(=O)N1CCC[C@H]1C(=O)N1C[C@H](O)C[C@H]1C(=O)NCC(=O)O. The first-order valence-corrected chi connectivity index (χ1v) is 18.9. The van der Waals surface area contributed by atoms with Gasteiger partial charge in [-0.2, -0.15) is 0 Å². The Balaban J connectivity index is 1.07. The van der Waals surface area contributed by atoms with Gasteiger partial charge in [-0.05, 0) is 32.6 Å². The quantitative estimate of drug-likeness (QED) is 0.0867. The van der Waals surface area contributed by atoms with Crippen molar-refractivity contribution in [1.82, 2.24) is 40.9 Å². The Morgan fingerprint density at radius 1 is 0.636 bits per heavy atom. The lowest BCUT2D eigenvalue weighted by Crippen LogP contribution is -2.89. The standard InChI is InChI=1S/C34H51N9O12/c1-18(29(50)36-13-27(47)41-10-4-7-23(41)34(55)43-17-20(45)12-25(43)31(52)38-15-28(48)49)39-32(53)22-6-3-9-40(22)26(46)14-37-30(51)24-11-19(44)16-42(24)33(54)21-5-2-8-35-21/h18-25,35,44-45H,2-17H2,1H3,(H,36,50)(H,37,51)(H,38,52)(H,39,53)(H,48,49)/p+1/t18-,19+,20+,21-,22-,23-,24-,25-/m0/s1. The molecule has 8 amide bonds. The number of hydrogen-bond donors (Lipinski definition) is 8. The van der Waals surface area contributed by atoms with Crippen molar-refractivity contribution >= 4 is 53.2 Å². The Morgan fingerprint density at radius 3 is 1.73 bits per heavy atom. The van der Waals surface area contributed by atoms with Crippen molar-refractivity contribution < 1.29 is 63.8 Å². The molecule has 5 fully saturated rings. The molecule has 8 atom stereocenters. The minimum Gasteiger partial charge on any atom is -0.480 e. The average molecular weight is 779 g/mol. The van der Waals surface area contributed by atoms with Crippen molar-refractivity contribution in [2.24, 2.45) is 0 Å². The van der Waals surface area contributed by atoms with Crippen LogP contribution in [-0.2, 0) is 43.2 Å². The summed E-state index contributed by atoms with van der Waals surface area (Å²) in [6.45, 7) is 0.944. The van der Waals surface area contributed by atoms with Crippen LogP contribution in [-0.4, -0.2) is 189 Å². The van der Waals surface area contributed by atoms with E-state index in [9.17, 15) is 53.4 Å². The monoisotopic (exact) mass is 778 g/mol. The fourth-order valence-electron chi connectivity index (χ4n) is 8.13. The highest BCUT2D eigenvalue weighted by atomic mass is 16.4.